The van der Waals surface area contributed by atoms with E-state index in [4.69, 9.17) is 4.42 Å². The Morgan fingerprint density at radius 2 is 2.33 bits per heavy atom. The second kappa shape index (κ2) is 4.66. The zero-order valence-corrected chi connectivity index (χ0v) is 9.37. The largest absolute Gasteiger partial charge is 0.447 e. The van der Waals surface area contributed by atoms with Crippen LogP contribution >= 0.6 is 0 Å². The van der Waals surface area contributed by atoms with Crippen LogP contribution in [0.3, 0.4) is 0 Å². The molecule has 0 bridgehead atoms. The number of hydrogen-bond acceptors (Lipinski definition) is 6. The van der Waals surface area contributed by atoms with Crippen molar-refractivity contribution in [3.8, 4) is 11.4 Å². The van der Waals surface area contributed by atoms with Crippen molar-refractivity contribution in [2.45, 2.75) is 6.54 Å². The highest BCUT2D eigenvalue weighted by molar-refractivity contribution is 5.61. The number of benzene rings is 1. The van der Waals surface area contributed by atoms with Crippen LogP contribution in [0.2, 0.25) is 0 Å². The standard InChI is InChI=1S/C11H10N6O/c1-2-8(11-14-16-17-15-11)4-9(3-1)13-6-10-5-12-7-18-10/h1-5,7,13H,6H2,(H,14,15,16,17). The van der Waals surface area contributed by atoms with Crippen LogP contribution in [0.1, 0.15) is 5.76 Å². The fourth-order valence-corrected chi connectivity index (χ4v) is 1.57. The van der Waals surface area contributed by atoms with E-state index in [9.17, 15) is 0 Å². The normalized spacial score (nSPS) is 10.4. The molecule has 0 atom stereocenters. The Labute approximate surface area is 102 Å². The summed E-state index contributed by atoms with van der Waals surface area (Å²) in [5.41, 5.74) is 1.85. The van der Waals surface area contributed by atoms with E-state index in [1.165, 1.54) is 6.39 Å². The molecule has 2 aromatic heterocycles. The van der Waals surface area contributed by atoms with Gasteiger partial charge in [0.15, 0.2) is 6.39 Å². The first kappa shape index (κ1) is 10.5. The Morgan fingerprint density at radius 1 is 1.33 bits per heavy atom. The minimum atomic E-state index is 0.568. The Morgan fingerprint density at radius 3 is 3.11 bits per heavy atom. The molecule has 0 spiro atoms. The molecule has 0 amide bonds. The maximum atomic E-state index is 5.14. The van der Waals surface area contributed by atoms with Crippen LogP contribution in [0.4, 0.5) is 5.69 Å². The average molecular weight is 242 g/mol. The Hall–Kier alpha value is -2.70. The summed E-state index contributed by atoms with van der Waals surface area (Å²) in [6, 6.07) is 7.75. The highest BCUT2D eigenvalue weighted by Crippen LogP contribution is 2.18. The van der Waals surface area contributed by atoms with Gasteiger partial charge in [-0.3, -0.25) is 0 Å². The second-order valence-electron chi connectivity index (χ2n) is 3.64. The van der Waals surface area contributed by atoms with Crippen molar-refractivity contribution in [1.29, 1.82) is 0 Å². The number of nitrogens with zero attached hydrogens (tertiary/aromatic N) is 4. The lowest BCUT2D eigenvalue weighted by atomic mass is 10.2. The van der Waals surface area contributed by atoms with Crippen LogP contribution in [0.5, 0.6) is 0 Å². The minimum Gasteiger partial charge on any atom is -0.447 e. The van der Waals surface area contributed by atoms with E-state index < -0.39 is 0 Å². The Kier molecular flexibility index (Phi) is 2.71. The van der Waals surface area contributed by atoms with Gasteiger partial charge in [0.2, 0.25) is 5.82 Å². The molecule has 1 aromatic carbocycles. The third kappa shape index (κ3) is 2.19. The van der Waals surface area contributed by atoms with Crippen LogP contribution in [0.15, 0.2) is 41.3 Å². The van der Waals surface area contributed by atoms with Gasteiger partial charge in [-0.15, -0.1) is 10.2 Å². The van der Waals surface area contributed by atoms with Gasteiger partial charge >= 0.3 is 0 Å². The zero-order valence-electron chi connectivity index (χ0n) is 9.37. The van der Waals surface area contributed by atoms with Gasteiger partial charge in [-0.25, -0.2) is 4.98 Å². The average Bonchev–Trinajstić information content (AvgIpc) is 3.10. The number of nitrogens with one attached hydrogen (secondary N) is 2. The summed E-state index contributed by atoms with van der Waals surface area (Å²) < 4.78 is 5.14. The smallest absolute Gasteiger partial charge is 0.204 e. The molecule has 18 heavy (non-hydrogen) atoms. The predicted molar refractivity (Wildman–Crippen MR) is 63.4 cm³/mol. The summed E-state index contributed by atoms with van der Waals surface area (Å²) in [6.07, 6.45) is 3.09. The summed E-state index contributed by atoms with van der Waals surface area (Å²) >= 11 is 0. The molecule has 0 aliphatic carbocycles. The molecule has 0 aliphatic rings. The van der Waals surface area contributed by atoms with Crippen molar-refractivity contribution in [2.75, 3.05) is 5.32 Å². The van der Waals surface area contributed by atoms with Gasteiger partial charge in [-0.2, -0.15) is 5.21 Å². The van der Waals surface area contributed by atoms with Crippen molar-refractivity contribution in [3.05, 3.63) is 42.6 Å². The van der Waals surface area contributed by atoms with Crippen molar-refractivity contribution in [2.24, 2.45) is 0 Å². The topological polar surface area (TPSA) is 92.5 Å². The number of anilines is 1. The van der Waals surface area contributed by atoms with E-state index in [2.05, 4.69) is 30.9 Å². The van der Waals surface area contributed by atoms with Gasteiger partial charge in [-0.05, 0) is 17.3 Å². The molecule has 0 radical (unpaired) electrons. The number of H-pyrrole nitrogens is 1. The van der Waals surface area contributed by atoms with Crippen LogP contribution in [-0.4, -0.2) is 25.6 Å². The quantitative estimate of drug-likeness (QED) is 0.719. The molecule has 7 heteroatoms. The highest BCUT2D eigenvalue weighted by atomic mass is 16.3. The summed E-state index contributed by atoms with van der Waals surface area (Å²) in [7, 11) is 0. The number of oxazole rings is 1. The van der Waals surface area contributed by atoms with Crippen molar-refractivity contribution in [3.63, 3.8) is 0 Å². The first-order chi connectivity index (χ1) is 8.92. The molecule has 2 heterocycles. The molecule has 0 fully saturated rings. The molecule has 3 rings (SSSR count). The van der Waals surface area contributed by atoms with E-state index in [0.29, 0.717) is 12.4 Å². The first-order valence-electron chi connectivity index (χ1n) is 5.37. The third-order valence-electron chi connectivity index (χ3n) is 2.42. The first-order valence-corrected chi connectivity index (χ1v) is 5.37. The van der Waals surface area contributed by atoms with E-state index in [0.717, 1.165) is 17.0 Å². The monoisotopic (exact) mass is 242 g/mol. The zero-order chi connectivity index (χ0) is 12.2. The molecule has 7 nitrogen and oxygen atoms in total. The fraction of sp³-hybridized carbons (Fsp3) is 0.0909. The van der Waals surface area contributed by atoms with Crippen molar-refractivity contribution >= 4 is 5.69 Å². The molecule has 0 saturated carbocycles. The van der Waals surface area contributed by atoms with Gasteiger partial charge in [0, 0.05) is 11.3 Å². The number of tetrazole rings is 1. The molecule has 0 unspecified atom stereocenters. The van der Waals surface area contributed by atoms with E-state index >= 15 is 0 Å². The molecule has 2 N–H and O–H groups in total. The predicted octanol–water partition coefficient (Wildman–Crippen LogP) is 1.47. The highest BCUT2D eigenvalue weighted by Gasteiger charge is 2.03. The molecule has 0 saturated heterocycles. The fourth-order valence-electron chi connectivity index (χ4n) is 1.57. The van der Waals surface area contributed by atoms with Gasteiger partial charge < -0.3 is 9.73 Å². The maximum absolute atomic E-state index is 5.14. The lowest BCUT2D eigenvalue weighted by Crippen LogP contribution is -1.98. The minimum absolute atomic E-state index is 0.568. The second-order valence-corrected chi connectivity index (χ2v) is 3.64. The van der Waals surface area contributed by atoms with Crippen molar-refractivity contribution < 1.29 is 4.42 Å². The molecule has 0 aliphatic heterocycles. The molecule has 3 aromatic rings. The number of aromatic amines is 1. The van der Waals surface area contributed by atoms with Crippen LogP contribution < -0.4 is 5.32 Å². The van der Waals surface area contributed by atoms with Crippen LogP contribution in [-0.2, 0) is 6.54 Å². The molecular formula is C11H10N6O. The van der Waals surface area contributed by atoms with Gasteiger partial charge in [0.25, 0.3) is 0 Å². The Bertz CT molecular complexity index is 604. The lowest BCUT2D eigenvalue weighted by Gasteiger charge is -2.04. The van der Waals surface area contributed by atoms with Gasteiger partial charge in [0.1, 0.15) is 5.76 Å². The summed E-state index contributed by atoms with van der Waals surface area (Å²) in [4.78, 5) is 3.85. The van der Waals surface area contributed by atoms with E-state index in [-0.39, 0.29) is 0 Å². The lowest BCUT2D eigenvalue weighted by molar-refractivity contribution is 0.512. The van der Waals surface area contributed by atoms with Gasteiger partial charge in [0.05, 0.1) is 12.7 Å². The summed E-state index contributed by atoms with van der Waals surface area (Å²) in [5, 5.41) is 17.1. The summed E-state index contributed by atoms with van der Waals surface area (Å²) in [6.45, 7) is 0.579. The SMILES string of the molecule is c1cc(NCc2cnco2)cc(-c2nn[nH]n2)c1. The van der Waals surface area contributed by atoms with E-state index in [1.807, 2.05) is 24.3 Å². The number of rotatable bonds is 4. The van der Waals surface area contributed by atoms with Crippen LogP contribution in [0, 0.1) is 0 Å². The number of aromatic nitrogens is 5. The maximum Gasteiger partial charge on any atom is 0.204 e. The third-order valence-corrected chi connectivity index (χ3v) is 2.42. The van der Waals surface area contributed by atoms with Gasteiger partial charge in [-0.1, -0.05) is 12.1 Å². The molecule has 90 valence electrons. The summed E-state index contributed by atoms with van der Waals surface area (Å²) in [5.74, 6) is 1.35. The Balaban J connectivity index is 1.75. The number of hydrogen-bond donors (Lipinski definition) is 2. The van der Waals surface area contributed by atoms with Crippen LogP contribution in [0.25, 0.3) is 11.4 Å². The molecular weight excluding hydrogens is 232 g/mol. The van der Waals surface area contributed by atoms with E-state index in [1.54, 1.807) is 6.20 Å². The van der Waals surface area contributed by atoms with Crippen molar-refractivity contribution in [1.82, 2.24) is 25.6 Å².